The molecule has 1 aromatic heterocycles. The summed E-state index contributed by atoms with van der Waals surface area (Å²) >= 11 is 0. The third kappa shape index (κ3) is 3.82. The minimum Gasteiger partial charge on any atom is -0.467 e. The standard InChI is InChI=1S/C18H19FN2O3/c19-15-7-5-13(6-8-15)17(22)14-3-1-9-21(12-14)18(23)20-11-16-4-2-10-24-16/h2,4-8,10,14H,1,3,9,11-12H2,(H,20,23). The number of nitrogens with one attached hydrogen (secondary N) is 1. The first kappa shape index (κ1) is 16.2. The highest BCUT2D eigenvalue weighted by atomic mass is 19.1. The monoisotopic (exact) mass is 330 g/mol. The zero-order chi connectivity index (χ0) is 16.9. The highest BCUT2D eigenvalue weighted by Crippen LogP contribution is 2.21. The Bertz CT molecular complexity index is 698. The van der Waals surface area contributed by atoms with Gasteiger partial charge >= 0.3 is 6.03 Å². The van der Waals surface area contributed by atoms with Crippen LogP contribution in [0.15, 0.2) is 47.1 Å². The van der Waals surface area contributed by atoms with Gasteiger partial charge in [-0.15, -0.1) is 0 Å². The van der Waals surface area contributed by atoms with Gasteiger partial charge in [0.25, 0.3) is 0 Å². The lowest BCUT2D eigenvalue weighted by Gasteiger charge is -2.32. The second-order valence-corrected chi connectivity index (χ2v) is 5.89. The number of hydrogen-bond donors (Lipinski definition) is 1. The minimum absolute atomic E-state index is 0.0430. The number of urea groups is 1. The predicted molar refractivity (Wildman–Crippen MR) is 86.0 cm³/mol. The van der Waals surface area contributed by atoms with E-state index in [1.54, 1.807) is 23.3 Å². The first-order valence-corrected chi connectivity index (χ1v) is 7.98. The molecule has 5 nitrogen and oxygen atoms in total. The first-order chi connectivity index (χ1) is 11.6. The molecule has 1 unspecified atom stereocenters. The van der Waals surface area contributed by atoms with Gasteiger partial charge in [0.15, 0.2) is 5.78 Å². The number of Topliss-reactive ketones (excluding diaryl/α,β-unsaturated/α-hetero) is 1. The molecule has 2 heterocycles. The predicted octanol–water partition coefficient (Wildman–Crippen LogP) is 3.22. The van der Waals surface area contributed by atoms with Crippen molar-refractivity contribution >= 4 is 11.8 Å². The lowest BCUT2D eigenvalue weighted by molar-refractivity contribution is 0.0845. The molecule has 1 aromatic carbocycles. The van der Waals surface area contributed by atoms with Crippen LogP contribution in [0.3, 0.4) is 0 Å². The number of hydrogen-bond acceptors (Lipinski definition) is 3. The number of carbonyl (C=O) groups excluding carboxylic acids is 2. The van der Waals surface area contributed by atoms with E-state index >= 15 is 0 Å². The third-order valence-electron chi connectivity index (χ3n) is 4.20. The SMILES string of the molecule is O=C(c1ccc(F)cc1)C1CCCN(C(=O)NCc2ccco2)C1. The van der Waals surface area contributed by atoms with Crippen LogP contribution in [0.5, 0.6) is 0 Å². The summed E-state index contributed by atoms with van der Waals surface area (Å²) in [5, 5.41) is 2.79. The molecule has 2 aromatic rings. The Kier molecular flexibility index (Phi) is 4.93. The van der Waals surface area contributed by atoms with E-state index in [2.05, 4.69) is 5.32 Å². The van der Waals surface area contributed by atoms with Crippen LogP contribution < -0.4 is 5.32 Å². The van der Waals surface area contributed by atoms with Crippen molar-refractivity contribution in [2.45, 2.75) is 19.4 Å². The van der Waals surface area contributed by atoms with E-state index in [1.807, 2.05) is 0 Å². The van der Waals surface area contributed by atoms with E-state index < -0.39 is 0 Å². The Labute approximate surface area is 139 Å². The number of piperidine rings is 1. The number of carbonyl (C=O) groups is 2. The molecular weight excluding hydrogens is 311 g/mol. The fourth-order valence-corrected chi connectivity index (χ4v) is 2.91. The highest BCUT2D eigenvalue weighted by Gasteiger charge is 2.29. The van der Waals surface area contributed by atoms with E-state index in [4.69, 9.17) is 4.42 Å². The molecule has 24 heavy (non-hydrogen) atoms. The maximum absolute atomic E-state index is 13.0. The molecule has 1 saturated heterocycles. The van der Waals surface area contributed by atoms with Gasteiger partial charge < -0.3 is 14.6 Å². The molecule has 1 fully saturated rings. The Balaban J connectivity index is 1.58. The third-order valence-corrected chi connectivity index (χ3v) is 4.20. The molecule has 1 N–H and O–H groups in total. The number of nitrogens with zero attached hydrogens (tertiary/aromatic N) is 1. The molecule has 1 aliphatic heterocycles. The largest absolute Gasteiger partial charge is 0.467 e. The van der Waals surface area contributed by atoms with Crippen molar-refractivity contribution in [3.63, 3.8) is 0 Å². The van der Waals surface area contributed by atoms with Crippen LogP contribution >= 0.6 is 0 Å². The number of amides is 2. The average molecular weight is 330 g/mol. The Morgan fingerprint density at radius 2 is 2.04 bits per heavy atom. The summed E-state index contributed by atoms with van der Waals surface area (Å²) in [7, 11) is 0. The molecular formula is C18H19FN2O3. The van der Waals surface area contributed by atoms with E-state index in [9.17, 15) is 14.0 Å². The van der Waals surface area contributed by atoms with Crippen molar-refractivity contribution in [2.24, 2.45) is 5.92 Å². The molecule has 0 aliphatic carbocycles. The van der Waals surface area contributed by atoms with Gasteiger partial charge in [-0.05, 0) is 49.2 Å². The maximum atomic E-state index is 13.0. The topological polar surface area (TPSA) is 62.6 Å². The second-order valence-electron chi connectivity index (χ2n) is 5.89. The summed E-state index contributed by atoms with van der Waals surface area (Å²) in [6.45, 7) is 1.32. The summed E-state index contributed by atoms with van der Waals surface area (Å²) < 4.78 is 18.2. The van der Waals surface area contributed by atoms with Crippen LogP contribution in [-0.2, 0) is 6.54 Å². The fourth-order valence-electron chi connectivity index (χ4n) is 2.91. The van der Waals surface area contributed by atoms with Gasteiger partial charge in [-0.1, -0.05) is 0 Å². The summed E-state index contributed by atoms with van der Waals surface area (Å²) in [5.41, 5.74) is 0.485. The number of furan rings is 1. The van der Waals surface area contributed by atoms with Gasteiger partial charge in [0.2, 0.25) is 0 Å². The van der Waals surface area contributed by atoms with Gasteiger partial charge in [-0.2, -0.15) is 0 Å². The van der Waals surface area contributed by atoms with Crippen LogP contribution in [0, 0.1) is 11.7 Å². The molecule has 6 heteroatoms. The van der Waals surface area contributed by atoms with Crippen LogP contribution in [0.4, 0.5) is 9.18 Å². The molecule has 0 saturated carbocycles. The van der Waals surface area contributed by atoms with Crippen molar-refractivity contribution in [3.05, 3.63) is 59.8 Å². The normalized spacial score (nSPS) is 17.5. The van der Waals surface area contributed by atoms with Crippen molar-refractivity contribution in [1.29, 1.82) is 0 Å². The molecule has 3 rings (SSSR count). The Morgan fingerprint density at radius 1 is 1.25 bits per heavy atom. The molecule has 0 radical (unpaired) electrons. The Hall–Kier alpha value is -2.63. The zero-order valence-electron chi connectivity index (χ0n) is 13.2. The van der Waals surface area contributed by atoms with E-state index in [0.717, 1.165) is 12.8 Å². The summed E-state index contributed by atoms with van der Waals surface area (Å²) in [5.74, 6) is 0.0190. The van der Waals surface area contributed by atoms with Crippen molar-refractivity contribution in [1.82, 2.24) is 10.2 Å². The fraction of sp³-hybridized carbons (Fsp3) is 0.333. The van der Waals surface area contributed by atoms with Gasteiger partial charge in [0.05, 0.1) is 12.8 Å². The zero-order valence-corrected chi connectivity index (χ0v) is 13.2. The van der Waals surface area contributed by atoms with Crippen LogP contribution in [-0.4, -0.2) is 29.8 Å². The second kappa shape index (κ2) is 7.29. The van der Waals surface area contributed by atoms with Crippen molar-refractivity contribution in [2.75, 3.05) is 13.1 Å². The molecule has 0 bridgehead atoms. The van der Waals surface area contributed by atoms with Crippen molar-refractivity contribution < 1.29 is 18.4 Å². The van der Waals surface area contributed by atoms with Gasteiger partial charge in [0, 0.05) is 24.6 Å². The van der Waals surface area contributed by atoms with Crippen LogP contribution in [0.1, 0.15) is 29.0 Å². The summed E-state index contributed by atoms with van der Waals surface area (Å²) in [6, 6.07) is 8.90. The maximum Gasteiger partial charge on any atom is 0.317 e. The number of rotatable bonds is 4. The number of ketones is 1. The first-order valence-electron chi connectivity index (χ1n) is 7.98. The molecule has 0 spiro atoms. The average Bonchev–Trinajstić information content (AvgIpc) is 3.13. The van der Waals surface area contributed by atoms with Gasteiger partial charge in [-0.25, -0.2) is 9.18 Å². The van der Waals surface area contributed by atoms with E-state index in [-0.39, 0.29) is 23.5 Å². The van der Waals surface area contributed by atoms with Gasteiger partial charge in [-0.3, -0.25) is 4.79 Å². The smallest absolute Gasteiger partial charge is 0.317 e. The summed E-state index contributed by atoms with van der Waals surface area (Å²) in [6.07, 6.45) is 3.06. The van der Waals surface area contributed by atoms with Crippen molar-refractivity contribution in [3.8, 4) is 0 Å². The number of likely N-dealkylation sites (tertiary alicyclic amines) is 1. The summed E-state index contributed by atoms with van der Waals surface area (Å²) in [4.78, 5) is 26.4. The lowest BCUT2D eigenvalue weighted by atomic mass is 9.90. The minimum atomic E-state index is -0.367. The lowest BCUT2D eigenvalue weighted by Crippen LogP contribution is -2.46. The number of benzene rings is 1. The highest BCUT2D eigenvalue weighted by molar-refractivity contribution is 5.98. The van der Waals surface area contributed by atoms with Crippen LogP contribution in [0.2, 0.25) is 0 Å². The molecule has 2 amide bonds. The van der Waals surface area contributed by atoms with E-state index in [0.29, 0.717) is 31.0 Å². The quantitative estimate of drug-likeness (QED) is 0.876. The Morgan fingerprint density at radius 3 is 2.75 bits per heavy atom. The number of halogens is 1. The molecule has 126 valence electrons. The molecule has 1 aliphatic rings. The van der Waals surface area contributed by atoms with Gasteiger partial charge in [0.1, 0.15) is 11.6 Å². The van der Waals surface area contributed by atoms with Crippen LogP contribution in [0.25, 0.3) is 0 Å². The molecule has 1 atom stereocenters. The van der Waals surface area contributed by atoms with E-state index in [1.165, 1.54) is 24.3 Å².